The van der Waals surface area contributed by atoms with E-state index >= 15 is 0 Å². The fourth-order valence-corrected chi connectivity index (χ4v) is 4.45. The van der Waals surface area contributed by atoms with Gasteiger partial charge in [-0.05, 0) is 57.9 Å². The third-order valence-corrected chi connectivity index (χ3v) is 6.69. The van der Waals surface area contributed by atoms with E-state index in [1.54, 1.807) is 4.90 Å². The average Bonchev–Trinajstić information content (AvgIpc) is 2.88. The highest BCUT2D eigenvalue weighted by molar-refractivity contribution is 5.89. The SMILES string of the molecule is CCNC(=O)N1CCc2c(nc(-c3ccc(NC(=O)NC(C)CC)cc3)nc2N2CCOC[C@@H]2C)C1. The van der Waals surface area contributed by atoms with Gasteiger partial charge in [-0.25, -0.2) is 19.6 Å². The van der Waals surface area contributed by atoms with E-state index in [1.165, 1.54) is 0 Å². The molecule has 0 aliphatic carbocycles. The van der Waals surface area contributed by atoms with E-state index in [-0.39, 0.29) is 24.1 Å². The Bertz CT molecular complexity index is 1080. The second-order valence-electron chi connectivity index (χ2n) is 9.41. The van der Waals surface area contributed by atoms with Crippen LogP contribution in [0.1, 0.15) is 45.4 Å². The highest BCUT2D eigenvalue weighted by atomic mass is 16.5. The van der Waals surface area contributed by atoms with Crippen LogP contribution in [0.4, 0.5) is 21.1 Å². The van der Waals surface area contributed by atoms with Crippen LogP contribution in [0.3, 0.4) is 0 Å². The lowest BCUT2D eigenvalue weighted by atomic mass is 10.0. The van der Waals surface area contributed by atoms with Gasteiger partial charge in [-0.3, -0.25) is 0 Å². The first-order chi connectivity index (χ1) is 17.4. The lowest BCUT2D eigenvalue weighted by molar-refractivity contribution is 0.0983. The van der Waals surface area contributed by atoms with Crippen LogP contribution in [0.15, 0.2) is 24.3 Å². The maximum Gasteiger partial charge on any atom is 0.319 e. The number of anilines is 2. The standard InChI is InChI=1S/C26H37N7O3/c1-5-17(3)28-25(34)29-20-9-7-19(8-10-20)23-30-22-15-32(26(35)27-6-2)12-11-21(22)24(31-23)33-13-14-36-16-18(33)4/h7-10,17-18H,5-6,11-16H2,1-4H3,(H,27,35)(H2,28,29,34)/t17?,18-/m0/s1. The van der Waals surface area contributed by atoms with Gasteiger partial charge in [0.2, 0.25) is 0 Å². The summed E-state index contributed by atoms with van der Waals surface area (Å²) in [6.45, 7) is 11.8. The molecule has 0 bridgehead atoms. The Morgan fingerprint density at radius 2 is 1.94 bits per heavy atom. The molecule has 1 aromatic heterocycles. The summed E-state index contributed by atoms with van der Waals surface area (Å²) in [6.07, 6.45) is 1.57. The lowest BCUT2D eigenvalue weighted by Crippen LogP contribution is -2.46. The molecule has 0 spiro atoms. The van der Waals surface area contributed by atoms with E-state index < -0.39 is 0 Å². The minimum absolute atomic E-state index is 0.0734. The number of ether oxygens (including phenoxy) is 1. The molecule has 2 atom stereocenters. The Kier molecular flexibility index (Phi) is 8.25. The molecule has 1 aromatic carbocycles. The number of rotatable bonds is 6. The van der Waals surface area contributed by atoms with E-state index in [1.807, 2.05) is 45.0 Å². The smallest absolute Gasteiger partial charge is 0.319 e. The van der Waals surface area contributed by atoms with Crippen molar-refractivity contribution in [1.82, 2.24) is 25.5 Å². The molecule has 0 radical (unpaired) electrons. The largest absolute Gasteiger partial charge is 0.377 e. The number of hydrogen-bond acceptors (Lipinski definition) is 6. The van der Waals surface area contributed by atoms with Crippen LogP contribution in [0.5, 0.6) is 0 Å². The Morgan fingerprint density at radius 3 is 2.64 bits per heavy atom. The predicted octanol–water partition coefficient (Wildman–Crippen LogP) is 3.38. The molecule has 4 amide bonds. The van der Waals surface area contributed by atoms with Crippen LogP contribution in [-0.2, 0) is 17.7 Å². The highest BCUT2D eigenvalue weighted by Gasteiger charge is 2.30. The van der Waals surface area contributed by atoms with Gasteiger partial charge in [0.15, 0.2) is 5.82 Å². The van der Waals surface area contributed by atoms with Crippen molar-refractivity contribution in [3.05, 3.63) is 35.5 Å². The van der Waals surface area contributed by atoms with Crippen LogP contribution in [0, 0.1) is 0 Å². The molecule has 3 N–H and O–H groups in total. The summed E-state index contributed by atoms with van der Waals surface area (Å²) in [5.74, 6) is 1.53. The summed E-state index contributed by atoms with van der Waals surface area (Å²) in [5, 5.41) is 8.66. The van der Waals surface area contributed by atoms with E-state index in [4.69, 9.17) is 14.7 Å². The number of fused-ring (bicyclic) bond motifs is 1. The van der Waals surface area contributed by atoms with Gasteiger partial charge in [-0.15, -0.1) is 0 Å². The first-order valence-corrected chi connectivity index (χ1v) is 12.8. The third-order valence-electron chi connectivity index (χ3n) is 6.69. The van der Waals surface area contributed by atoms with Crippen molar-refractivity contribution in [2.75, 3.05) is 43.1 Å². The highest BCUT2D eigenvalue weighted by Crippen LogP contribution is 2.31. The number of carbonyl (C=O) groups excluding carboxylic acids is 2. The molecule has 1 fully saturated rings. The van der Waals surface area contributed by atoms with Gasteiger partial charge in [0, 0.05) is 42.5 Å². The molecule has 10 heteroatoms. The molecule has 10 nitrogen and oxygen atoms in total. The van der Waals surface area contributed by atoms with Gasteiger partial charge in [0.25, 0.3) is 0 Å². The van der Waals surface area contributed by atoms with Gasteiger partial charge >= 0.3 is 12.1 Å². The Balaban J connectivity index is 1.63. The molecule has 0 saturated carbocycles. The van der Waals surface area contributed by atoms with Crippen molar-refractivity contribution in [1.29, 1.82) is 0 Å². The van der Waals surface area contributed by atoms with Gasteiger partial charge in [0.1, 0.15) is 5.82 Å². The summed E-state index contributed by atoms with van der Waals surface area (Å²) in [6, 6.07) is 7.54. The summed E-state index contributed by atoms with van der Waals surface area (Å²) in [4.78, 5) is 38.7. The molecule has 4 rings (SSSR count). The average molecular weight is 496 g/mol. The molecule has 1 saturated heterocycles. The number of nitrogens with one attached hydrogen (secondary N) is 3. The van der Waals surface area contributed by atoms with Gasteiger partial charge < -0.3 is 30.5 Å². The summed E-state index contributed by atoms with van der Waals surface area (Å²) < 4.78 is 5.66. The molecular formula is C26H37N7O3. The predicted molar refractivity (Wildman–Crippen MR) is 140 cm³/mol. The fraction of sp³-hybridized carbons (Fsp3) is 0.538. The van der Waals surface area contributed by atoms with Gasteiger partial charge in [-0.2, -0.15) is 0 Å². The first-order valence-electron chi connectivity index (χ1n) is 12.8. The molecule has 1 unspecified atom stereocenters. The van der Waals surface area contributed by atoms with E-state index in [0.29, 0.717) is 50.8 Å². The van der Waals surface area contributed by atoms with E-state index in [0.717, 1.165) is 35.6 Å². The molecular weight excluding hydrogens is 458 g/mol. The number of aromatic nitrogens is 2. The zero-order valence-corrected chi connectivity index (χ0v) is 21.6. The Morgan fingerprint density at radius 1 is 1.17 bits per heavy atom. The maximum absolute atomic E-state index is 12.5. The Hall–Kier alpha value is -3.40. The molecule has 3 heterocycles. The Labute approximate surface area is 212 Å². The van der Waals surface area contributed by atoms with Crippen molar-refractivity contribution in [3.8, 4) is 11.4 Å². The minimum Gasteiger partial charge on any atom is -0.377 e. The van der Waals surface area contributed by atoms with E-state index in [9.17, 15) is 9.59 Å². The lowest BCUT2D eigenvalue weighted by Gasteiger charge is -2.37. The topological polar surface area (TPSA) is 112 Å². The second-order valence-corrected chi connectivity index (χ2v) is 9.41. The van der Waals surface area contributed by atoms with Crippen LogP contribution in [0.2, 0.25) is 0 Å². The normalized spacial score (nSPS) is 18.3. The number of benzene rings is 1. The van der Waals surface area contributed by atoms with Crippen LogP contribution in [0.25, 0.3) is 11.4 Å². The van der Waals surface area contributed by atoms with Crippen molar-refractivity contribution in [2.24, 2.45) is 0 Å². The first kappa shape index (κ1) is 25.7. The second kappa shape index (κ2) is 11.6. The summed E-state index contributed by atoms with van der Waals surface area (Å²) >= 11 is 0. The van der Waals surface area contributed by atoms with Gasteiger partial charge in [-0.1, -0.05) is 6.92 Å². The fourth-order valence-electron chi connectivity index (χ4n) is 4.45. The summed E-state index contributed by atoms with van der Waals surface area (Å²) in [5.41, 5.74) is 3.53. The minimum atomic E-state index is -0.226. The molecule has 36 heavy (non-hydrogen) atoms. The third kappa shape index (κ3) is 5.87. The summed E-state index contributed by atoms with van der Waals surface area (Å²) in [7, 11) is 0. The monoisotopic (exact) mass is 495 g/mol. The zero-order valence-electron chi connectivity index (χ0n) is 21.6. The van der Waals surface area contributed by atoms with Crippen molar-refractivity contribution in [2.45, 2.75) is 59.2 Å². The van der Waals surface area contributed by atoms with Crippen molar-refractivity contribution < 1.29 is 14.3 Å². The number of urea groups is 2. The molecule has 2 aromatic rings. The quantitative estimate of drug-likeness (QED) is 0.567. The molecule has 2 aliphatic heterocycles. The van der Waals surface area contributed by atoms with Crippen LogP contribution in [-0.4, -0.2) is 71.9 Å². The number of hydrogen-bond donors (Lipinski definition) is 3. The van der Waals surface area contributed by atoms with Crippen LogP contribution < -0.4 is 20.9 Å². The number of amides is 4. The molecule has 194 valence electrons. The maximum atomic E-state index is 12.5. The van der Waals surface area contributed by atoms with Crippen molar-refractivity contribution in [3.63, 3.8) is 0 Å². The number of morpholine rings is 1. The van der Waals surface area contributed by atoms with Crippen molar-refractivity contribution >= 4 is 23.6 Å². The number of nitrogens with zero attached hydrogens (tertiary/aromatic N) is 4. The number of carbonyl (C=O) groups is 2. The van der Waals surface area contributed by atoms with E-state index in [2.05, 4.69) is 27.8 Å². The molecule has 2 aliphatic rings. The van der Waals surface area contributed by atoms with Gasteiger partial charge in [0.05, 0.1) is 31.5 Å². The van der Waals surface area contributed by atoms with Crippen LogP contribution >= 0.6 is 0 Å². The zero-order chi connectivity index (χ0) is 25.7.